The molecule has 2 aromatic heterocycles. The number of hydrogen-bond acceptors (Lipinski definition) is 2. The van der Waals surface area contributed by atoms with Gasteiger partial charge in [0.2, 0.25) is 0 Å². The minimum atomic E-state index is -0.789. The molecule has 0 spiro atoms. The van der Waals surface area contributed by atoms with E-state index in [0.29, 0.717) is 6.42 Å². The molecular formula is C24H23N3O2. The van der Waals surface area contributed by atoms with Gasteiger partial charge in [0, 0.05) is 29.5 Å². The molecule has 0 bridgehead atoms. The minimum absolute atomic E-state index is 0.105. The number of aryl methyl sites for hydroxylation is 3. The van der Waals surface area contributed by atoms with Crippen molar-refractivity contribution in [3.63, 3.8) is 0 Å². The Balaban J connectivity index is 1.76. The van der Waals surface area contributed by atoms with Crippen LogP contribution in [0.4, 0.5) is 0 Å². The first kappa shape index (κ1) is 18.7. The Hall–Kier alpha value is -3.60. The summed E-state index contributed by atoms with van der Waals surface area (Å²) in [6.45, 7) is 4.04. The molecule has 4 aromatic rings. The van der Waals surface area contributed by atoms with Crippen LogP contribution in [0.25, 0.3) is 22.6 Å². The van der Waals surface area contributed by atoms with Gasteiger partial charge in [-0.15, -0.1) is 0 Å². The van der Waals surface area contributed by atoms with Gasteiger partial charge in [-0.2, -0.15) is 0 Å². The van der Waals surface area contributed by atoms with Gasteiger partial charge in [0.05, 0.1) is 12.1 Å². The molecule has 0 aliphatic rings. The van der Waals surface area contributed by atoms with Crippen LogP contribution < -0.4 is 0 Å². The van der Waals surface area contributed by atoms with E-state index in [1.165, 1.54) is 5.56 Å². The molecule has 0 fully saturated rings. The topological polar surface area (TPSA) is 60.1 Å². The van der Waals surface area contributed by atoms with Crippen LogP contribution in [0.15, 0.2) is 73.1 Å². The Labute approximate surface area is 169 Å². The standard InChI is InChI=1S/C24H23N3O2/c1-17-3-7-21(8-4-17)27-22(12-14-24(28)29)11-13-23(27)19-5-9-20(10-6-19)26-16-15-25-18(26)2/h3-11,13,15-16H,12,14H2,1-2H3,(H,28,29). The average molecular weight is 385 g/mol. The Kier molecular flexibility index (Phi) is 5.04. The van der Waals surface area contributed by atoms with Gasteiger partial charge in [0.1, 0.15) is 5.82 Å². The summed E-state index contributed by atoms with van der Waals surface area (Å²) in [6, 6.07) is 20.7. The van der Waals surface area contributed by atoms with Crippen molar-refractivity contribution < 1.29 is 9.90 Å². The summed E-state index contributed by atoms with van der Waals surface area (Å²) < 4.78 is 4.20. The highest BCUT2D eigenvalue weighted by Gasteiger charge is 2.13. The maximum atomic E-state index is 11.1. The first-order valence-electron chi connectivity index (χ1n) is 9.63. The van der Waals surface area contributed by atoms with Crippen molar-refractivity contribution in [2.75, 3.05) is 0 Å². The quantitative estimate of drug-likeness (QED) is 0.510. The number of carboxylic acid groups (broad SMARTS) is 1. The lowest BCUT2D eigenvalue weighted by atomic mass is 10.1. The zero-order chi connectivity index (χ0) is 20.4. The molecule has 29 heavy (non-hydrogen) atoms. The van der Waals surface area contributed by atoms with Crippen molar-refractivity contribution in [1.29, 1.82) is 0 Å². The highest BCUT2D eigenvalue weighted by Crippen LogP contribution is 2.28. The monoisotopic (exact) mass is 385 g/mol. The number of carbonyl (C=O) groups is 1. The van der Waals surface area contributed by atoms with Crippen LogP contribution in [-0.2, 0) is 11.2 Å². The van der Waals surface area contributed by atoms with Crippen LogP contribution in [0.5, 0.6) is 0 Å². The predicted octanol–water partition coefficient (Wildman–Crippen LogP) is 4.96. The molecule has 5 nitrogen and oxygen atoms in total. The fourth-order valence-corrected chi connectivity index (χ4v) is 3.58. The average Bonchev–Trinajstić information content (AvgIpc) is 3.33. The number of imidazole rings is 1. The number of nitrogens with zero attached hydrogens (tertiary/aromatic N) is 3. The van der Waals surface area contributed by atoms with Crippen molar-refractivity contribution in [3.05, 3.63) is 90.1 Å². The van der Waals surface area contributed by atoms with Gasteiger partial charge in [0.25, 0.3) is 0 Å². The van der Waals surface area contributed by atoms with E-state index in [9.17, 15) is 4.79 Å². The van der Waals surface area contributed by atoms with E-state index < -0.39 is 5.97 Å². The normalized spacial score (nSPS) is 11.0. The first-order valence-corrected chi connectivity index (χ1v) is 9.63. The number of rotatable bonds is 6. The molecule has 0 amide bonds. The highest BCUT2D eigenvalue weighted by molar-refractivity contribution is 5.68. The van der Waals surface area contributed by atoms with Crippen LogP contribution in [0.3, 0.4) is 0 Å². The zero-order valence-corrected chi connectivity index (χ0v) is 16.5. The third kappa shape index (κ3) is 3.85. The molecule has 0 atom stereocenters. The summed E-state index contributed by atoms with van der Waals surface area (Å²) in [5.74, 6) is 0.153. The largest absolute Gasteiger partial charge is 0.481 e. The van der Waals surface area contributed by atoms with Gasteiger partial charge >= 0.3 is 5.97 Å². The highest BCUT2D eigenvalue weighted by atomic mass is 16.4. The number of carboxylic acids is 1. The zero-order valence-electron chi connectivity index (χ0n) is 16.5. The van der Waals surface area contributed by atoms with Crippen molar-refractivity contribution in [2.45, 2.75) is 26.7 Å². The predicted molar refractivity (Wildman–Crippen MR) is 114 cm³/mol. The molecule has 5 heteroatoms. The summed E-state index contributed by atoms with van der Waals surface area (Å²) in [5, 5.41) is 9.12. The van der Waals surface area contributed by atoms with Crippen LogP contribution >= 0.6 is 0 Å². The van der Waals surface area contributed by atoms with Gasteiger partial charge in [-0.25, -0.2) is 4.98 Å². The maximum absolute atomic E-state index is 11.1. The van der Waals surface area contributed by atoms with E-state index in [0.717, 1.165) is 34.2 Å². The summed E-state index contributed by atoms with van der Waals surface area (Å²) in [6.07, 6.45) is 4.33. The second-order valence-electron chi connectivity index (χ2n) is 7.17. The molecule has 0 saturated carbocycles. The smallest absolute Gasteiger partial charge is 0.303 e. The molecule has 0 unspecified atom stereocenters. The van der Waals surface area contributed by atoms with Crippen LogP contribution in [0.2, 0.25) is 0 Å². The summed E-state index contributed by atoms with van der Waals surface area (Å²) in [4.78, 5) is 15.4. The fraction of sp³-hybridized carbons (Fsp3) is 0.167. The van der Waals surface area contributed by atoms with Gasteiger partial charge in [-0.3, -0.25) is 4.79 Å². The Morgan fingerprint density at radius 1 is 0.931 bits per heavy atom. The molecule has 0 aliphatic heterocycles. The van der Waals surface area contributed by atoms with E-state index in [1.807, 2.05) is 23.8 Å². The molecule has 0 saturated heterocycles. The maximum Gasteiger partial charge on any atom is 0.303 e. The third-order valence-electron chi connectivity index (χ3n) is 5.12. The molecule has 2 aromatic carbocycles. The van der Waals surface area contributed by atoms with Gasteiger partial charge in [0.15, 0.2) is 0 Å². The van der Waals surface area contributed by atoms with Crippen LogP contribution in [-0.4, -0.2) is 25.2 Å². The van der Waals surface area contributed by atoms with Gasteiger partial charge in [-0.05, 0) is 62.2 Å². The van der Waals surface area contributed by atoms with E-state index in [-0.39, 0.29) is 6.42 Å². The summed E-state index contributed by atoms with van der Waals surface area (Å²) in [7, 11) is 0. The molecule has 1 N–H and O–H groups in total. The van der Waals surface area contributed by atoms with Crippen molar-refractivity contribution >= 4 is 5.97 Å². The molecular weight excluding hydrogens is 362 g/mol. The second kappa shape index (κ2) is 7.80. The number of aromatic nitrogens is 3. The molecule has 146 valence electrons. The summed E-state index contributed by atoms with van der Waals surface area (Å²) in [5.41, 5.74) is 6.39. The van der Waals surface area contributed by atoms with Gasteiger partial charge in [-0.1, -0.05) is 29.8 Å². The van der Waals surface area contributed by atoms with E-state index in [2.05, 4.69) is 71.1 Å². The number of benzene rings is 2. The lowest BCUT2D eigenvalue weighted by Gasteiger charge is -2.15. The summed E-state index contributed by atoms with van der Waals surface area (Å²) >= 11 is 0. The lowest BCUT2D eigenvalue weighted by molar-refractivity contribution is -0.136. The SMILES string of the molecule is Cc1ccc(-n2c(CCC(=O)O)ccc2-c2ccc(-n3ccnc3C)cc2)cc1. The van der Waals surface area contributed by atoms with E-state index in [4.69, 9.17) is 5.11 Å². The van der Waals surface area contributed by atoms with Crippen molar-refractivity contribution in [1.82, 2.24) is 14.1 Å². The molecule has 0 radical (unpaired) electrons. The first-order chi connectivity index (χ1) is 14.0. The second-order valence-corrected chi connectivity index (χ2v) is 7.17. The van der Waals surface area contributed by atoms with Crippen molar-refractivity contribution in [2.24, 2.45) is 0 Å². The Bertz CT molecular complexity index is 1140. The van der Waals surface area contributed by atoms with Crippen LogP contribution in [0, 0.1) is 13.8 Å². The number of aliphatic carboxylic acids is 1. The van der Waals surface area contributed by atoms with Gasteiger partial charge < -0.3 is 14.2 Å². The molecule has 2 heterocycles. The third-order valence-corrected chi connectivity index (χ3v) is 5.12. The number of hydrogen-bond donors (Lipinski definition) is 1. The minimum Gasteiger partial charge on any atom is -0.481 e. The van der Waals surface area contributed by atoms with E-state index >= 15 is 0 Å². The van der Waals surface area contributed by atoms with Crippen LogP contribution in [0.1, 0.15) is 23.5 Å². The molecule has 4 rings (SSSR count). The Morgan fingerprint density at radius 3 is 2.24 bits per heavy atom. The fourth-order valence-electron chi connectivity index (χ4n) is 3.58. The van der Waals surface area contributed by atoms with E-state index in [1.54, 1.807) is 6.20 Å². The Morgan fingerprint density at radius 2 is 1.62 bits per heavy atom. The molecule has 0 aliphatic carbocycles. The lowest BCUT2D eigenvalue weighted by Crippen LogP contribution is -2.05. The van der Waals surface area contributed by atoms with Crippen molar-refractivity contribution in [3.8, 4) is 22.6 Å².